The lowest BCUT2D eigenvalue weighted by molar-refractivity contribution is -0.127. The zero-order valence-corrected chi connectivity index (χ0v) is 11.4. The van der Waals surface area contributed by atoms with Crippen molar-refractivity contribution in [3.8, 4) is 0 Å². The molecular formula is C15H23NO2. The third-order valence-corrected chi connectivity index (χ3v) is 3.29. The number of rotatable bonds is 7. The van der Waals surface area contributed by atoms with Crippen LogP contribution >= 0.6 is 0 Å². The molecule has 3 nitrogen and oxygen atoms in total. The molecule has 0 saturated carbocycles. The molecule has 2 N–H and O–H groups in total. The van der Waals surface area contributed by atoms with Gasteiger partial charge in [0.15, 0.2) is 5.78 Å². The summed E-state index contributed by atoms with van der Waals surface area (Å²) in [6.45, 7) is 6.24. The highest BCUT2D eigenvalue weighted by molar-refractivity contribution is 5.86. The van der Waals surface area contributed by atoms with Crippen molar-refractivity contribution >= 4 is 5.78 Å². The summed E-state index contributed by atoms with van der Waals surface area (Å²) >= 11 is 0. The Bertz CT molecular complexity index is 364. The fourth-order valence-electron chi connectivity index (χ4n) is 1.67. The second-order valence-electron chi connectivity index (χ2n) is 4.74. The molecule has 3 atom stereocenters. The topological polar surface area (TPSA) is 52.3 Å². The van der Waals surface area contributed by atoms with Gasteiger partial charge in [0.1, 0.15) is 0 Å². The standard InChI is InChI=1S/C15H23NO2/c1-4-11(2)15(17)14(16)12(3)18-10-13-8-6-5-7-9-13/h5-9,11-12,14H,4,10,16H2,1-3H3. The van der Waals surface area contributed by atoms with Crippen molar-refractivity contribution in [1.82, 2.24) is 0 Å². The number of ether oxygens (including phenoxy) is 1. The molecule has 3 heteroatoms. The average molecular weight is 249 g/mol. The van der Waals surface area contributed by atoms with Crippen molar-refractivity contribution < 1.29 is 9.53 Å². The summed E-state index contributed by atoms with van der Waals surface area (Å²) in [6.07, 6.45) is 0.560. The zero-order chi connectivity index (χ0) is 13.5. The molecule has 0 spiro atoms. The smallest absolute Gasteiger partial charge is 0.154 e. The molecule has 0 aliphatic rings. The van der Waals surface area contributed by atoms with Gasteiger partial charge in [-0.3, -0.25) is 4.79 Å². The predicted octanol–water partition coefficient (Wildman–Crippen LogP) is 2.53. The Morgan fingerprint density at radius 1 is 1.28 bits per heavy atom. The van der Waals surface area contributed by atoms with E-state index in [0.29, 0.717) is 6.61 Å². The molecule has 0 amide bonds. The predicted molar refractivity (Wildman–Crippen MR) is 73.1 cm³/mol. The van der Waals surface area contributed by atoms with Crippen molar-refractivity contribution in [1.29, 1.82) is 0 Å². The normalized spacial score (nSPS) is 16.0. The van der Waals surface area contributed by atoms with Gasteiger partial charge in [-0.1, -0.05) is 44.2 Å². The number of carbonyl (C=O) groups excluding carboxylic acids is 1. The number of carbonyl (C=O) groups is 1. The van der Waals surface area contributed by atoms with Gasteiger partial charge >= 0.3 is 0 Å². The van der Waals surface area contributed by atoms with Gasteiger partial charge in [-0.25, -0.2) is 0 Å². The fourth-order valence-corrected chi connectivity index (χ4v) is 1.67. The molecule has 1 aromatic carbocycles. The molecule has 0 heterocycles. The molecule has 0 aliphatic heterocycles. The van der Waals surface area contributed by atoms with Crippen LogP contribution in [0.15, 0.2) is 30.3 Å². The zero-order valence-electron chi connectivity index (χ0n) is 11.4. The molecule has 3 unspecified atom stereocenters. The van der Waals surface area contributed by atoms with Gasteiger partial charge in [-0.2, -0.15) is 0 Å². The molecule has 100 valence electrons. The third-order valence-electron chi connectivity index (χ3n) is 3.29. The highest BCUT2D eigenvalue weighted by Crippen LogP contribution is 2.10. The maximum absolute atomic E-state index is 11.9. The lowest BCUT2D eigenvalue weighted by Crippen LogP contribution is -2.44. The SMILES string of the molecule is CCC(C)C(=O)C(N)C(C)OCc1ccccc1. The van der Waals surface area contributed by atoms with E-state index in [1.165, 1.54) is 0 Å². The van der Waals surface area contributed by atoms with Crippen LogP contribution in [0.25, 0.3) is 0 Å². The van der Waals surface area contributed by atoms with Crippen molar-refractivity contribution in [2.24, 2.45) is 11.7 Å². The Morgan fingerprint density at radius 2 is 1.89 bits per heavy atom. The van der Waals surface area contributed by atoms with E-state index in [9.17, 15) is 4.79 Å². The first-order valence-corrected chi connectivity index (χ1v) is 6.51. The van der Waals surface area contributed by atoms with E-state index >= 15 is 0 Å². The van der Waals surface area contributed by atoms with E-state index < -0.39 is 6.04 Å². The van der Waals surface area contributed by atoms with Crippen molar-refractivity contribution in [2.45, 2.75) is 45.9 Å². The van der Waals surface area contributed by atoms with Gasteiger partial charge < -0.3 is 10.5 Å². The lowest BCUT2D eigenvalue weighted by atomic mass is 9.95. The maximum atomic E-state index is 11.9. The Balaban J connectivity index is 2.45. The quantitative estimate of drug-likeness (QED) is 0.808. The number of nitrogens with two attached hydrogens (primary N) is 1. The van der Waals surface area contributed by atoms with Crippen LogP contribution in [0.2, 0.25) is 0 Å². The molecule has 1 aromatic rings. The van der Waals surface area contributed by atoms with Crippen LogP contribution in [0.1, 0.15) is 32.8 Å². The van der Waals surface area contributed by atoms with E-state index in [0.717, 1.165) is 12.0 Å². The Morgan fingerprint density at radius 3 is 2.44 bits per heavy atom. The Kier molecular flexibility index (Phi) is 6.02. The number of hydrogen-bond donors (Lipinski definition) is 1. The van der Waals surface area contributed by atoms with Crippen LogP contribution in [-0.2, 0) is 16.1 Å². The van der Waals surface area contributed by atoms with Gasteiger partial charge in [-0.05, 0) is 18.9 Å². The van der Waals surface area contributed by atoms with Gasteiger partial charge in [-0.15, -0.1) is 0 Å². The molecule has 0 aliphatic carbocycles. The molecule has 0 bridgehead atoms. The molecule has 0 fully saturated rings. The van der Waals surface area contributed by atoms with Crippen LogP contribution in [0.4, 0.5) is 0 Å². The van der Waals surface area contributed by atoms with Gasteiger partial charge in [0.05, 0.1) is 18.8 Å². The highest BCUT2D eigenvalue weighted by atomic mass is 16.5. The van der Waals surface area contributed by atoms with Crippen LogP contribution in [-0.4, -0.2) is 17.9 Å². The number of benzene rings is 1. The average Bonchev–Trinajstić information content (AvgIpc) is 2.43. The largest absolute Gasteiger partial charge is 0.372 e. The Hall–Kier alpha value is -1.19. The van der Waals surface area contributed by atoms with Crippen LogP contribution < -0.4 is 5.73 Å². The molecule has 0 saturated heterocycles. The summed E-state index contributed by atoms with van der Waals surface area (Å²) < 4.78 is 5.66. The van der Waals surface area contributed by atoms with Gasteiger partial charge in [0, 0.05) is 5.92 Å². The van der Waals surface area contributed by atoms with E-state index in [1.807, 2.05) is 51.1 Å². The van der Waals surface area contributed by atoms with E-state index in [2.05, 4.69) is 0 Å². The molecule has 18 heavy (non-hydrogen) atoms. The monoisotopic (exact) mass is 249 g/mol. The van der Waals surface area contributed by atoms with E-state index in [-0.39, 0.29) is 17.8 Å². The van der Waals surface area contributed by atoms with Crippen LogP contribution in [0, 0.1) is 5.92 Å². The minimum absolute atomic E-state index is 0.00257. The minimum Gasteiger partial charge on any atom is -0.372 e. The van der Waals surface area contributed by atoms with E-state index in [4.69, 9.17) is 10.5 Å². The summed E-state index contributed by atoms with van der Waals surface area (Å²) in [5.41, 5.74) is 7.02. The van der Waals surface area contributed by atoms with Crippen molar-refractivity contribution in [3.63, 3.8) is 0 Å². The second-order valence-corrected chi connectivity index (χ2v) is 4.74. The van der Waals surface area contributed by atoms with Crippen molar-refractivity contribution in [2.75, 3.05) is 0 Å². The maximum Gasteiger partial charge on any atom is 0.154 e. The first kappa shape index (κ1) is 14.9. The molecule has 0 aromatic heterocycles. The van der Waals surface area contributed by atoms with E-state index in [1.54, 1.807) is 0 Å². The summed E-state index contributed by atoms with van der Waals surface area (Å²) in [7, 11) is 0. The number of Topliss-reactive ketones (excluding diaryl/α,β-unsaturated/α-hetero) is 1. The first-order valence-electron chi connectivity index (χ1n) is 6.51. The number of hydrogen-bond acceptors (Lipinski definition) is 3. The summed E-state index contributed by atoms with van der Waals surface area (Å²) in [4.78, 5) is 11.9. The lowest BCUT2D eigenvalue weighted by Gasteiger charge is -2.22. The number of ketones is 1. The van der Waals surface area contributed by atoms with Crippen LogP contribution in [0.3, 0.4) is 0 Å². The second kappa shape index (κ2) is 7.29. The molecular weight excluding hydrogens is 226 g/mol. The van der Waals surface area contributed by atoms with Gasteiger partial charge in [0.25, 0.3) is 0 Å². The van der Waals surface area contributed by atoms with Crippen molar-refractivity contribution in [3.05, 3.63) is 35.9 Å². The summed E-state index contributed by atoms with van der Waals surface area (Å²) in [6, 6.07) is 9.35. The minimum atomic E-state index is -0.538. The fraction of sp³-hybridized carbons (Fsp3) is 0.533. The van der Waals surface area contributed by atoms with Crippen LogP contribution in [0.5, 0.6) is 0 Å². The van der Waals surface area contributed by atoms with Gasteiger partial charge in [0.2, 0.25) is 0 Å². The molecule has 1 rings (SSSR count). The first-order chi connectivity index (χ1) is 8.56. The third kappa shape index (κ3) is 4.24. The Labute approximate surface area is 109 Å². The summed E-state index contributed by atoms with van der Waals surface area (Å²) in [5, 5.41) is 0. The highest BCUT2D eigenvalue weighted by Gasteiger charge is 2.24. The summed E-state index contributed by atoms with van der Waals surface area (Å²) in [5.74, 6) is 0.0841. The molecule has 0 radical (unpaired) electrons.